The molecule has 28 heavy (non-hydrogen) atoms. The Morgan fingerprint density at radius 2 is 1.93 bits per heavy atom. The minimum Gasteiger partial charge on any atom is -0.279 e. The number of pyridine rings is 1. The van der Waals surface area contributed by atoms with Gasteiger partial charge >= 0.3 is 0 Å². The van der Waals surface area contributed by atoms with Gasteiger partial charge in [0.25, 0.3) is 5.91 Å². The zero-order chi connectivity index (χ0) is 19.7. The van der Waals surface area contributed by atoms with Crippen LogP contribution < -0.4 is 4.90 Å². The Balaban J connectivity index is 1.82. The lowest BCUT2D eigenvalue weighted by atomic mass is 10.2. The fourth-order valence-electron chi connectivity index (χ4n) is 2.94. The van der Waals surface area contributed by atoms with Gasteiger partial charge in [-0.15, -0.1) is 0 Å². The van der Waals surface area contributed by atoms with Gasteiger partial charge in [0, 0.05) is 21.0 Å². The zero-order valence-electron chi connectivity index (χ0n) is 14.9. The first-order chi connectivity index (χ1) is 13.5. The van der Waals surface area contributed by atoms with Crippen molar-refractivity contribution >= 4 is 66.8 Å². The summed E-state index contributed by atoms with van der Waals surface area (Å²) in [5, 5.41) is 1.33. The molecule has 0 saturated carbocycles. The summed E-state index contributed by atoms with van der Waals surface area (Å²) in [7, 11) is 0. The van der Waals surface area contributed by atoms with E-state index in [1.54, 1.807) is 17.3 Å². The number of carbonyl (C=O) groups is 1. The third-order valence-electron chi connectivity index (χ3n) is 4.31. The fourth-order valence-corrected chi connectivity index (χ4v) is 4.97. The van der Waals surface area contributed by atoms with Crippen LogP contribution >= 0.6 is 45.5 Å². The van der Waals surface area contributed by atoms with Crippen LogP contribution in [0.3, 0.4) is 0 Å². The average Bonchev–Trinajstić information content (AvgIpc) is 3.11. The number of rotatable bonds is 4. The third-order valence-corrected chi connectivity index (χ3v) is 6.49. The van der Waals surface area contributed by atoms with Gasteiger partial charge in [-0.25, -0.2) is 4.98 Å². The van der Waals surface area contributed by atoms with E-state index in [1.807, 2.05) is 55.5 Å². The van der Waals surface area contributed by atoms with Crippen molar-refractivity contribution in [2.24, 2.45) is 0 Å². The third kappa shape index (κ3) is 3.90. The molecule has 0 aliphatic rings. The summed E-state index contributed by atoms with van der Waals surface area (Å²) in [6.07, 6.45) is 3.46. The molecular weight excluding hydrogens is 505 g/mol. The standard InChI is InChI=1S/C21H15ClIN3OS/c1-13-10-15(22)11-18-19(13)25-21(28-18)26(12-14-6-8-24-9-7-14)20(27)16-4-2-3-5-17(16)23/h2-11H,12H2,1H3. The van der Waals surface area contributed by atoms with Crippen molar-refractivity contribution in [3.8, 4) is 0 Å². The molecule has 140 valence electrons. The highest BCUT2D eigenvalue weighted by atomic mass is 127. The predicted molar refractivity (Wildman–Crippen MR) is 123 cm³/mol. The summed E-state index contributed by atoms with van der Waals surface area (Å²) in [4.78, 5) is 24.0. The number of aryl methyl sites for hydroxylation is 1. The molecule has 0 bridgehead atoms. The molecule has 0 aliphatic carbocycles. The summed E-state index contributed by atoms with van der Waals surface area (Å²) in [5.41, 5.74) is 3.52. The number of halogens is 2. The van der Waals surface area contributed by atoms with Crippen LogP contribution in [0.4, 0.5) is 5.13 Å². The van der Waals surface area contributed by atoms with E-state index in [0.717, 1.165) is 24.9 Å². The van der Waals surface area contributed by atoms with Gasteiger partial charge in [-0.3, -0.25) is 14.7 Å². The van der Waals surface area contributed by atoms with Crippen LogP contribution in [0, 0.1) is 10.5 Å². The Bertz CT molecular complexity index is 1160. The summed E-state index contributed by atoms with van der Waals surface area (Å²) >= 11 is 9.88. The Hall–Kier alpha value is -2.03. The number of aromatic nitrogens is 2. The maximum atomic E-state index is 13.4. The van der Waals surface area contributed by atoms with Crippen LogP contribution in [0.15, 0.2) is 60.9 Å². The molecule has 4 nitrogen and oxygen atoms in total. The number of benzene rings is 2. The number of fused-ring (bicyclic) bond motifs is 1. The van der Waals surface area contributed by atoms with Crippen molar-refractivity contribution in [1.82, 2.24) is 9.97 Å². The van der Waals surface area contributed by atoms with Gasteiger partial charge in [0.2, 0.25) is 0 Å². The number of hydrogen-bond acceptors (Lipinski definition) is 4. The van der Waals surface area contributed by atoms with Crippen molar-refractivity contribution in [2.75, 3.05) is 4.90 Å². The minimum absolute atomic E-state index is 0.0791. The van der Waals surface area contributed by atoms with E-state index in [0.29, 0.717) is 22.3 Å². The minimum atomic E-state index is -0.0791. The second kappa shape index (κ2) is 8.14. The molecule has 4 aromatic rings. The van der Waals surface area contributed by atoms with Gasteiger partial charge in [-0.05, 0) is 77.0 Å². The molecule has 2 aromatic heterocycles. The molecule has 1 amide bonds. The van der Waals surface area contributed by atoms with Crippen LogP contribution in [0.1, 0.15) is 21.5 Å². The maximum absolute atomic E-state index is 13.4. The Morgan fingerprint density at radius 3 is 2.68 bits per heavy atom. The molecule has 0 atom stereocenters. The normalized spacial score (nSPS) is 11.0. The number of thiazole rings is 1. The maximum Gasteiger partial charge on any atom is 0.261 e. The number of hydrogen-bond donors (Lipinski definition) is 0. The van der Waals surface area contributed by atoms with E-state index in [9.17, 15) is 4.79 Å². The monoisotopic (exact) mass is 519 g/mol. The fraction of sp³-hybridized carbons (Fsp3) is 0.0952. The van der Waals surface area contributed by atoms with E-state index in [4.69, 9.17) is 16.6 Å². The largest absolute Gasteiger partial charge is 0.279 e. The molecule has 0 N–H and O–H groups in total. The van der Waals surface area contributed by atoms with Gasteiger partial charge in [0.15, 0.2) is 5.13 Å². The first-order valence-corrected chi connectivity index (χ1v) is 10.8. The predicted octanol–water partition coefficient (Wildman–Crippen LogP) is 6.10. The number of nitrogens with zero attached hydrogens (tertiary/aromatic N) is 3. The van der Waals surface area contributed by atoms with Gasteiger partial charge in [-0.1, -0.05) is 35.1 Å². The zero-order valence-corrected chi connectivity index (χ0v) is 18.6. The van der Waals surface area contributed by atoms with E-state index in [-0.39, 0.29) is 5.91 Å². The lowest BCUT2D eigenvalue weighted by Gasteiger charge is -2.20. The van der Waals surface area contributed by atoms with Crippen molar-refractivity contribution < 1.29 is 4.79 Å². The highest BCUT2D eigenvalue weighted by Gasteiger charge is 2.23. The highest BCUT2D eigenvalue weighted by Crippen LogP contribution is 2.34. The molecule has 0 spiro atoms. The van der Waals surface area contributed by atoms with Crippen LogP contribution in [-0.2, 0) is 6.54 Å². The smallest absolute Gasteiger partial charge is 0.261 e. The van der Waals surface area contributed by atoms with Crippen LogP contribution in [-0.4, -0.2) is 15.9 Å². The number of amides is 1. The molecule has 4 rings (SSSR count). The first-order valence-electron chi connectivity index (χ1n) is 8.55. The lowest BCUT2D eigenvalue weighted by molar-refractivity contribution is 0.0984. The van der Waals surface area contributed by atoms with Crippen molar-refractivity contribution in [3.05, 3.63) is 86.2 Å². The first kappa shape index (κ1) is 19.3. The lowest BCUT2D eigenvalue weighted by Crippen LogP contribution is -2.31. The second-order valence-corrected chi connectivity index (χ2v) is 8.90. The van der Waals surface area contributed by atoms with Crippen LogP contribution in [0.25, 0.3) is 10.2 Å². The Labute approximate surface area is 185 Å². The van der Waals surface area contributed by atoms with E-state index in [2.05, 4.69) is 27.6 Å². The summed E-state index contributed by atoms with van der Waals surface area (Å²) in [6, 6.07) is 15.2. The summed E-state index contributed by atoms with van der Waals surface area (Å²) < 4.78 is 1.88. The summed E-state index contributed by atoms with van der Waals surface area (Å²) in [5.74, 6) is -0.0791. The number of anilines is 1. The Morgan fingerprint density at radius 1 is 1.18 bits per heavy atom. The summed E-state index contributed by atoms with van der Waals surface area (Å²) in [6.45, 7) is 2.39. The van der Waals surface area contributed by atoms with Crippen molar-refractivity contribution in [1.29, 1.82) is 0 Å². The molecule has 0 fully saturated rings. The topological polar surface area (TPSA) is 46.1 Å². The SMILES string of the molecule is Cc1cc(Cl)cc2sc(N(Cc3ccncc3)C(=O)c3ccccc3I)nc12. The molecule has 0 saturated heterocycles. The molecule has 2 heterocycles. The van der Waals surface area contributed by atoms with Gasteiger partial charge in [0.1, 0.15) is 0 Å². The van der Waals surface area contributed by atoms with Crippen molar-refractivity contribution in [3.63, 3.8) is 0 Å². The molecule has 0 unspecified atom stereocenters. The van der Waals surface area contributed by atoms with Gasteiger partial charge in [0.05, 0.1) is 22.3 Å². The second-order valence-electron chi connectivity index (χ2n) is 6.29. The van der Waals surface area contributed by atoms with E-state index >= 15 is 0 Å². The van der Waals surface area contributed by atoms with Crippen LogP contribution in [0.5, 0.6) is 0 Å². The van der Waals surface area contributed by atoms with Gasteiger partial charge < -0.3 is 0 Å². The molecule has 0 aliphatic heterocycles. The van der Waals surface area contributed by atoms with E-state index in [1.165, 1.54) is 11.3 Å². The van der Waals surface area contributed by atoms with Crippen LogP contribution in [0.2, 0.25) is 5.02 Å². The Kier molecular flexibility index (Phi) is 5.61. The molecule has 0 radical (unpaired) electrons. The molecule has 7 heteroatoms. The van der Waals surface area contributed by atoms with E-state index < -0.39 is 0 Å². The highest BCUT2D eigenvalue weighted by molar-refractivity contribution is 14.1. The molecular formula is C21H15ClIN3OS. The quantitative estimate of drug-likeness (QED) is 0.306. The molecule has 2 aromatic carbocycles. The van der Waals surface area contributed by atoms with Crippen molar-refractivity contribution in [2.45, 2.75) is 13.5 Å². The van der Waals surface area contributed by atoms with Gasteiger partial charge in [-0.2, -0.15) is 0 Å². The average molecular weight is 520 g/mol. The number of carbonyl (C=O) groups excluding carboxylic acids is 1.